The van der Waals surface area contributed by atoms with E-state index in [4.69, 9.17) is 9.16 Å². The van der Waals surface area contributed by atoms with Crippen molar-refractivity contribution in [3.8, 4) is 17.2 Å². The molecule has 1 heterocycles. The molecule has 0 spiro atoms. The number of carbonyl (C=O) groups excluding carboxylic acids is 1. The van der Waals surface area contributed by atoms with Gasteiger partial charge >= 0.3 is 19.2 Å². The van der Waals surface area contributed by atoms with Crippen molar-refractivity contribution in [1.29, 1.82) is 0 Å². The second-order valence-corrected chi connectivity index (χ2v) is 17.7. The van der Waals surface area contributed by atoms with Gasteiger partial charge in [-0.2, -0.15) is 17.6 Å². The van der Waals surface area contributed by atoms with Crippen molar-refractivity contribution in [1.82, 2.24) is 4.98 Å². The lowest BCUT2D eigenvalue weighted by molar-refractivity contribution is -0.0692. The maximum atomic E-state index is 13.5. The number of nitrogens with zero attached hydrogens (tertiary/aromatic N) is 2. The fourth-order valence-electron chi connectivity index (χ4n) is 3.55. The lowest BCUT2D eigenvalue weighted by atomic mass is 10.1. The quantitative estimate of drug-likeness (QED) is 0.119. The Morgan fingerprint density at radius 1 is 0.905 bits per heavy atom. The number of anilines is 2. The molecule has 0 atom stereocenters. The summed E-state index contributed by atoms with van der Waals surface area (Å²) < 4.78 is 73.4. The molecule has 3 aromatic rings. The van der Waals surface area contributed by atoms with E-state index in [1.807, 2.05) is 0 Å². The molecule has 0 saturated carbocycles. The SMILES string of the molecule is CC(C)(C)OC(=O)c1cc(N(Cc2cncs2)c2ccc(OC(F)F)c(OC(F)F)c2)ccc1O[Si](C)(C)C(C)(C)C. The van der Waals surface area contributed by atoms with Gasteiger partial charge in [0.1, 0.15) is 16.9 Å². The Bertz CT molecular complexity index is 1360. The predicted molar refractivity (Wildman–Crippen MR) is 157 cm³/mol. The highest BCUT2D eigenvalue weighted by molar-refractivity contribution is 7.09. The van der Waals surface area contributed by atoms with E-state index in [1.165, 1.54) is 23.5 Å². The first-order valence-electron chi connectivity index (χ1n) is 13.1. The van der Waals surface area contributed by atoms with E-state index >= 15 is 0 Å². The van der Waals surface area contributed by atoms with Crippen molar-refractivity contribution in [2.75, 3.05) is 4.90 Å². The molecule has 0 fully saturated rings. The largest absolute Gasteiger partial charge is 0.543 e. The summed E-state index contributed by atoms with van der Waals surface area (Å²) in [6.45, 7) is 9.33. The second-order valence-electron chi connectivity index (χ2n) is 12.0. The summed E-state index contributed by atoms with van der Waals surface area (Å²) in [5.74, 6) is -1.35. The highest BCUT2D eigenvalue weighted by Crippen LogP contribution is 2.41. The first kappa shape index (κ1) is 33.2. The molecule has 0 aliphatic heterocycles. The summed E-state index contributed by atoms with van der Waals surface area (Å²) in [7, 11) is -2.38. The molecular weight excluding hydrogens is 592 g/mol. The fourth-order valence-corrected chi connectivity index (χ4v) is 5.17. The van der Waals surface area contributed by atoms with Crippen molar-refractivity contribution in [3.05, 3.63) is 58.5 Å². The second kappa shape index (κ2) is 12.9. The van der Waals surface area contributed by atoms with Gasteiger partial charge in [-0.05, 0) is 69.2 Å². The Morgan fingerprint density at radius 3 is 2.00 bits per heavy atom. The van der Waals surface area contributed by atoms with Gasteiger partial charge in [0, 0.05) is 28.5 Å². The van der Waals surface area contributed by atoms with Crippen LogP contribution < -0.4 is 18.8 Å². The summed E-state index contributed by atoms with van der Waals surface area (Å²) >= 11 is 1.36. The zero-order chi connectivity index (χ0) is 31.5. The van der Waals surface area contributed by atoms with E-state index in [0.717, 1.165) is 10.9 Å². The molecule has 13 heteroatoms. The van der Waals surface area contributed by atoms with E-state index < -0.39 is 44.6 Å². The number of hydrogen-bond acceptors (Lipinski definition) is 8. The number of halogens is 4. The Labute approximate surface area is 248 Å². The zero-order valence-electron chi connectivity index (χ0n) is 24.8. The number of thiazole rings is 1. The molecule has 0 bridgehead atoms. The highest BCUT2D eigenvalue weighted by Gasteiger charge is 2.40. The molecule has 0 unspecified atom stereocenters. The monoisotopic (exact) mass is 628 g/mol. The van der Waals surface area contributed by atoms with Crippen molar-refractivity contribution in [3.63, 3.8) is 0 Å². The average molecular weight is 629 g/mol. The minimum absolute atomic E-state index is 0.155. The lowest BCUT2D eigenvalue weighted by Crippen LogP contribution is -2.44. The Hall–Kier alpha value is -3.32. The highest BCUT2D eigenvalue weighted by atomic mass is 32.1. The van der Waals surface area contributed by atoms with Crippen LogP contribution in [0.25, 0.3) is 0 Å². The van der Waals surface area contributed by atoms with Crippen LogP contribution in [-0.4, -0.2) is 38.1 Å². The molecular formula is C29H36F4N2O5SSi. The molecule has 42 heavy (non-hydrogen) atoms. The van der Waals surface area contributed by atoms with Gasteiger partial charge in [0.05, 0.1) is 12.1 Å². The normalized spacial score (nSPS) is 12.4. The van der Waals surface area contributed by atoms with Crippen molar-refractivity contribution >= 4 is 37.0 Å². The van der Waals surface area contributed by atoms with Crippen LogP contribution in [0.1, 0.15) is 56.8 Å². The van der Waals surface area contributed by atoms with Crippen LogP contribution in [0, 0.1) is 0 Å². The first-order chi connectivity index (χ1) is 19.4. The summed E-state index contributed by atoms with van der Waals surface area (Å²) in [6, 6.07) is 8.76. The zero-order valence-corrected chi connectivity index (χ0v) is 26.7. The Balaban J connectivity index is 2.18. The predicted octanol–water partition coefficient (Wildman–Crippen LogP) is 9.02. The van der Waals surface area contributed by atoms with Crippen molar-refractivity contribution in [2.24, 2.45) is 0 Å². The van der Waals surface area contributed by atoms with Crippen LogP contribution in [0.2, 0.25) is 18.1 Å². The van der Waals surface area contributed by atoms with E-state index in [2.05, 4.69) is 48.3 Å². The van der Waals surface area contributed by atoms with Gasteiger partial charge in [-0.25, -0.2) is 4.79 Å². The van der Waals surface area contributed by atoms with Crippen LogP contribution in [0.5, 0.6) is 17.2 Å². The number of rotatable bonds is 11. The topological polar surface area (TPSA) is 70.1 Å². The average Bonchev–Trinajstić information content (AvgIpc) is 3.35. The lowest BCUT2D eigenvalue weighted by Gasteiger charge is -2.37. The third kappa shape index (κ3) is 8.84. The Morgan fingerprint density at radius 2 is 1.48 bits per heavy atom. The number of hydrogen-bond donors (Lipinski definition) is 0. The standard InChI is InChI=1S/C29H36F4N2O5SSi/c1-28(2,3)39-25(36)21-13-18(9-11-22(21)40-42(7,8)29(4,5)6)35(16-20-15-34-17-41-20)19-10-12-23(37-26(30)31)24(14-19)38-27(32)33/h9-15,17,26-27H,16H2,1-8H3. The molecule has 0 aliphatic rings. The number of carbonyl (C=O) groups is 1. The van der Waals surface area contributed by atoms with E-state index in [-0.39, 0.29) is 17.1 Å². The van der Waals surface area contributed by atoms with Crippen LogP contribution in [0.4, 0.5) is 28.9 Å². The first-order valence-corrected chi connectivity index (χ1v) is 16.9. The van der Waals surface area contributed by atoms with Gasteiger partial charge in [-0.15, -0.1) is 11.3 Å². The summed E-state index contributed by atoms with van der Waals surface area (Å²) in [6.07, 6.45) is 1.65. The molecule has 0 saturated heterocycles. The maximum Gasteiger partial charge on any atom is 0.387 e. The smallest absolute Gasteiger partial charge is 0.387 e. The van der Waals surface area contributed by atoms with Crippen molar-refractivity contribution < 1.29 is 41.0 Å². The minimum atomic E-state index is -3.28. The summed E-state index contributed by atoms with van der Waals surface area (Å²) in [5.41, 5.74) is 1.83. The minimum Gasteiger partial charge on any atom is -0.543 e. The van der Waals surface area contributed by atoms with Gasteiger partial charge in [-0.1, -0.05) is 20.8 Å². The number of esters is 1. The molecule has 2 aromatic carbocycles. The number of alkyl halides is 4. The van der Waals surface area contributed by atoms with Crippen LogP contribution in [0.3, 0.4) is 0 Å². The van der Waals surface area contributed by atoms with Crippen LogP contribution >= 0.6 is 11.3 Å². The van der Waals surface area contributed by atoms with Crippen molar-refractivity contribution in [2.45, 2.75) is 85.0 Å². The van der Waals surface area contributed by atoms with Crippen LogP contribution in [0.15, 0.2) is 48.1 Å². The fraction of sp³-hybridized carbons (Fsp3) is 0.448. The summed E-state index contributed by atoms with van der Waals surface area (Å²) in [4.78, 5) is 20.1. The Kier molecular flexibility index (Phi) is 10.2. The summed E-state index contributed by atoms with van der Waals surface area (Å²) in [5, 5.41) is -0.155. The van der Waals surface area contributed by atoms with E-state index in [1.54, 1.807) is 55.6 Å². The molecule has 0 N–H and O–H groups in total. The van der Waals surface area contributed by atoms with Gasteiger partial charge in [0.25, 0.3) is 8.32 Å². The van der Waals surface area contributed by atoms with Gasteiger partial charge < -0.3 is 23.5 Å². The molecule has 3 rings (SSSR count). The number of ether oxygens (including phenoxy) is 3. The third-order valence-corrected chi connectivity index (χ3v) is 11.6. The molecule has 0 aliphatic carbocycles. The third-order valence-electron chi connectivity index (χ3n) is 6.53. The van der Waals surface area contributed by atoms with Gasteiger partial charge in [0.15, 0.2) is 11.5 Å². The van der Waals surface area contributed by atoms with Gasteiger partial charge in [-0.3, -0.25) is 4.98 Å². The molecule has 0 amide bonds. The van der Waals surface area contributed by atoms with Gasteiger partial charge in [0.2, 0.25) is 0 Å². The van der Waals surface area contributed by atoms with Crippen LogP contribution in [-0.2, 0) is 11.3 Å². The molecule has 1 aromatic heterocycles. The maximum absolute atomic E-state index is 13.5. The number of benzene rings is 2. The molecule has 230 valence electrons. The number of aromatic nitrogens is 1. The molecule has 7 nitrogen and oxygen atoms in total. The van der Waals surface area contributed by atoms with E-state index in [0.29, 0.717) is 17.1 Å². The molecule has 0 radical (unpaired) electrons. The van der Waals surface area contributed by atoms with E-state index in [9.17, 15) is 22.4 Å².